The zero-order valence-electron chi connectivity index (χ0n) is 13.2. The van der Waals surface area contributed by atoms with Crippen molar-refractivity contribution in [1.82, 2.24) is 10.2 Å². The summed E-state index contributed by atoms with van der Waals surface area (Å²) in [6.07, 6.45) is 2.62. The number of carbonyl (C=O) groups excluding carboxylic acids is 1. The zero-order chi connectivity index (χ0) is 15.1. The van der Waals surface area contributed by atoms with Gasteiger partial charge >= 0.3 is 0 Å². The van der Waals surface area contributed by atoms with E-state index < -0.39 is 0 Å². The summed E-state index contributed by atoms with van der Waals surface area (Å²) in [6.45, 7) is 9.44. The lowest BCUT2D eigenvalue weighted by atomic mass is 9.97. The van der Waals surface area contributed by atoms with Gasteiger partial charge in [-0.25, -0.2) is 0 Å². The second-order valence-corrected chi connectivity index (χ2v) is 5.89. The van der Waals surface area contributed by atoms with Crippen LogP contribution >= 0.6 is 0 Å². The van der Waals surface area contributed by atoms with Crippen LogP contribution < -0.4 is 10.6 Å². The van der Waals surface area contributed by atoms with Crippen LogP contribution in [0.1, 0.15) is 32.3 Å². The van der Waals surface area contributed by atoms with Crippen molar-refractivity contribution in [2.45, 2.75) is 33.2 Å². The van der Waals surface area contributed by atoms with Crippen LogP contribution in [0.4, 0.5) is 5.69 Å². The van der Waals surface area contributed by atoms with Crippen LogP contribution in [0.5, 0.6) is 0 Å². The number of nitrogens with one attached hydrogen (secondary N) is 2. The Morgan fingerprint density at radius 2 is 1.90 bits per heavy atom. The summed E-state index contributed by atoms with van der Waals surface area (Å²) in [4.78, 5) is 13.5. The fraction of sp³-hybridized carbons (Fsp3) is 0.588. The molecular formula is C17H27N3O. The average Bonchev–Trinajstić information content (AvgIpc) is 2.49. The fourth-order valence-electron chi connectivity index (χ4n) is 2.84. The molecular weight excluding hydrogens is 262 g/mol. The third kappa shape index (κ3) is 5.48. The number of piperidine rings is 1. The molecule has 0 aliphatic carbocycles. The van der Waals surface area contributed by atoms with E-state index in [-0.39, 0.29) is 5.91 Å². The second-order valence-electron chi connectivity index (χ2n) is 5.89. The highest BCUT2D eigenvalue weighted by Crippen LogP contribution is 2.16. The number of rotatable bonds is 6. The van der Waals surface area contributed by atoms with Crippen LogP contribution in [0.2, 0.25) is 0 Å². The van der Waals surface area contributed by atoms with Gasteiger partial charge in [0, 0.05) is 19.2 Å². The van der Waals surface area contributed by atoms with Gasteiger partial charge < -0.3 is 15.5 Å². The number of hydrogen-bond donors (Lipinski definition) is 2. The fourth-order valence-corrected chi connectivity index (χ4v) is 2.84. The number of nitrogens with zero attached hydrogens (tertiary/aromatic N) is 1. The van der Waals surface area contributed by atoms with Crippen LogP contribution in [0.3, 0.4) is 0 Å². The van der Waals surface area contributed by atoms with Crippen LogP contribution in [-0.4, -0.2) is 37.0 Å². The summed E-state index contributed by atoms with van der Waals surface area (Å²) >= 11 is 0. The van der Waals surface area contributed by atoms with Gasteiger partial charge in [0.15, 0.2) is 0 Å². The highest BCUT2D eigenvalue weighted by atomic mass is 16.1. The molecule has 2 rings (SSSR count). The van der Waals surface area contributed by atoms with Gasteiger partial charge in [-0.3, -0.25) is 4.79 Å². The Morgan fingerprint density at radius 1 is 1.24 bits per heavy atom. The molecule has 0 spiro atoms. The molecule has 1 fully saturated rings. The van der Waals surface area contributed by atoms with Gasteiger partial charge in [-0.15, -0.1) is 0 Å². The Labute approximate surface area is 127 Å². The predicted molar refractivity (Wildman–Crippen MR) is 87.3 cm³/mol. The van der Waals surface area contributed by atoms with Crippen molar-refractivity contribution in [3.63, 3.8) is 0 Å². The first-order valence-electron chi connectivity index (χ1n) is 7.97. The quantitative estimate of drug-likeness (QED) is 0.845. The van der Waals surface area contributed by atoms with E-state index in [1.165, 1.54) is 45.0 Å². The average molecular weight is 289 g/mol. The monoisotopic (exact) mass is 289 g/mol. The third-order valence-electron chi connectivity index (χ3n) is 4.19. The minimum Gasteiger partial charge on any atom is -0.326 e. The van der Waals surface area contributed by atoms with Crippen molar-refractivity contribution in [1.29, 1.82) is 0 Å². The maximum Gasteiger partial charge on any atom is 0.221 e. The maximum atomic E-state index is 11.0. The molecule has 0 unspecified atom stereocenters. The first-order valence-corrected chi connectivity index (χ1v) is 7.97. The Bertz CT molecular complexity index is 436. The summed E-state index contributed by atoms with van der Waals surface area (Å²) in [6, 6.07) is 8.05. The highest BCUT2D eigenvalue weighted by Gasteiger charge is 2.17. The van der Waals surface area contributed by atoms with E-state index in [9.17, 15) is 4.79 Å². The molecule has 4 heteroatoms. The summed E-state index contributed by atoms with van der Waals surface area (Å²) in [7, 11) is 0. The molecule has 2 N–H and O–H groups in total. The van der Waals surface area contributed by atoms with Gasteiger partial charge in [-0.1, -0.05) is 19.1 Å². The van der Waals surface area contributed by atoms with E-state index in [4.69, 9.17) is 0 Å². The largest absolute Gasteiger partial charge is 0.326 e. The van der Waals surface area contributed by atoms with Crippen molar-refractivity contribution >= 4 is 11.6 Å². The van der Waals surface area contributed by atoms with E-state index in [0.717, 1.165) is 24.7 Å². The number of likely N-dealkylation sites (tertiary alicyclic amines) is 1. The Morgan fingerprint density at radius 3 is 2.48 bits per heavy atom. The van der Waals surface area contributed by atoms with Crippen molar-refractivity contribution in [2.24, 2.45) is 5.92 Å². The van der Waals surface area contributed by atoms with E-state index in [0.29, 0.717) is 0 Å². The van der Waals surface area contributed by atoms with Gasteiger partial charge in [0.05, 0.1) is 0 Å². The van der Waals surface area contributed by atoms with Gasteiger partial charge in [0.1, 0.15) is 0 Å². The summed E-state index contributed by atoms with van der Waals surface area (Å²) in [5, 5.41) is 6.34. The van der Waals surface area contributed by atoms with Crippen LogP contribution in [-0.2, 0) is 11.3 Å². The minimum absolute atomic E-state index is 0.0284. The molecule has 1 aliphatic heterocycles. The number of benzene rings is 1. The van der Waals surface area contributed by atoms with Gasteiger partial charge in [0.25, 0.3) is 0 Å². The van der Waals surface area contributed by atoms with Gasteiger partial charge in [0.2, 0.25) is 5.91 Å². The van der Waals surface area contributed by atoms with E-state index in [1.807, 2.05) is 12.1 Å². The summed E-state index contributed by atoms with van der Waals surface area (Å²) < 4.78 is 0. The molecule has 4 nitrogen and oxygen atoms in total. The van der Waals surface area contributed by atoms with E-state index in [2.05, 4.69) is 34.6 Å². The first kappa shape index (κ1) is 16.0. The molecule has 1 aromatic carbocycles. The van der Waals surface area contributed by atoms with Crippen molar-refractivity contribution in [3.8, 4) is 0 Å². The topological polar surface area (TPSA) is 44.4 Å². The van der Waals surface area contributed by atoms with Crippen molar-refractivity contribution < 1.29 is 4.79 Å². The number of hydrogen-bond acceptors (Lipinski definition) is 3. The summed E-state index contributed by atoms with van der Waals surface area (Å²) in [5.41, 5.74) is 2.12. The zero-order valence-corrected chi connectivity index (χ0v) is 13.2. The van der Waals surface area contributed by atoms with E-state index in [1.54, 1.807) is 0 Å². The molecule has 0 bridgehead atoms. The smallest absolute Gasteiger partial charge is 0.221 e. The Balaban J connectivity index is 1.68. The molecule has 1 amide bonds. The van der Waals surface area contributed by atoms with Crippen LogP contribution in [0, 0.1) is 5.92 Å². The minimum atomic E-state index is -0.0284. The third-order valence-corrected chi connectivity index (χ3v) is 4.19. The molecule has 1 aliphatic rings. The first-order chi connectivity index (χ1) is 10.2. The molecule has 0 saturated carbocycles. The number of anilines is 1. The standard InChI is InChI=1S/C17H27N3O/c1-3-20-10-8-16(9-11-20)13-18-12-15-4-6-17(7-5-15)19-14(2)21/h4-7,16,18H,3,8-13H2,1-2H3,(H,19,21). The molecule has 1 saturated heterocycles. The lowest BCUT2D eigenvalue weighted by Crippen LogP contribution is -2.36. The molecule has 116 valence electrons. The molecule has 21 heavy (non-hydrogen) atoms. The van der Waals surface area contributed by atoms with E-state index >= 15 is 0 Å². The SMILES string of the molecule is CCN1CCC(CNCc2ccc(NC(C)=O)cc2)CC1. The normalized spacial score (nSPS) is 16.9. The summed E-state index contributed by atoms with van der Waals surface area (Å²) in [5.74, 6) is 0.783. The Hall–Kier alpha value is -1.39. The number of carbonyl (C=O) groups is 1. The van der Waals surface area contributed by atoms with Crippen molar-refractivity contribution in [3.05, 3.63) is 29.8 Å². The Kier molecular flexibility index (Phi) is 6.21. The van der Waals surface area contributed by atoms with Crippen molar-refractivity contribution in [2.75, 3.05) is 31.5 Å². The lowest BCUT2D eigenvalue weighted by Gasteiger charge is -2.31. The molecule has 0 radical (unpaired) electrons. The van der Waals surface area contributed by atoms with Crippen LogP contribution in [0.25, 0.3) is 0 Å². The maximum absolute atomic E-state index is 11.0. The lowest BCUT2D eigenvalue weighted by molar-refractivity contribution is -0.114. The molecule has 1 heterocycles. The molecule has 1 aromatic rings. The van der Waals surface area contributed by atoms with Gasteiger partial charge in [-0.2, -0.15) is 0 Å². The molecule has 0 aromatic heterocycles. The predicted octanol–water partition coefficient (Wildman–Crippen LogP) is 2.47. The van der Waals surface area contributed by atoms with Crippen LogP contribution in [0.15, 0.2) is 24.3 Å². The van der Waals surface area contributed by atoms with Gasteiger partial charge in [-0.05, 0) is 62.6 Å². The molecule has 0 atom stereocenters. The second kappa shape index (κ2) is 8.15. The number of amides is 1. The highest BCUT2D eigenvalue weighted by molar-refractivity contribution is 5.88.